The van der Waals surface area contributed by atoms with Crippen molar-refractivity contribution in [3.8, 4) is 17.2 Å². The van der Waals surface area contributed by atoms with Gasteiger partial charge >= 0.3 is 0 Å². The Morgan fingerprint density at radius 3 is 2.54 bits per heavy atom. The van der Waals surface area contributed by atoms with Gasteiger partial charge in [0.2, 0.25) is 0 Å². The van der Waals surface area contributed by atoms with Gasteiger partial charge in [-0.2, -0.15) is 0 Å². The molecule has 0 bridgehead atoms. The molecule has 3 aromatic carbocycles. The molecular formula is C24H25NO3. The Morgan fingerprint density at radius 1 is 0.893 bits per heavy atom. The van der Waals surface area contributed by atoms with Crippen LogP contribution in [0.3, 0.4) is 0 Å². The van der Waals surface area contributed by atoms with Gasteiger partial charge in [-0.05, 0) is 41.3 Å². The fraction of sp³-hybridized carbons (Fsp3) is 0.250. The smallest absolute Gasteiger partial charge is 0.165 e. The summed E-state index contributed by atoms with van der Waals surface area (Å²) in [5, 5.41) is 3.62. The predicted molar refractivity (Wildman–Crippen MR) is 110 cm³/mol. The zero-order chi connectivity index (χ0) is 19.3. The highest BCUT2D eigenvalue weighted by molar-refractivity contribution is 5.53. The van der Waals surface area contributed by atoms with Crippen LogP contribution >= 0.6 is 0 Å². The first-order valence-corrected chi connectivity index (χ1v) is 9.54. The minimum Gasteiger partial charge on any atom is -0.493 e. The van der Waals surface area contributed by atoms with Gasteiger partial charge in [-0.25, -0.2) is 0 Å². The third kappa shape index (κ3) is 3.69. The number of ether oxygens (including phenoxy) is 3. The standard InChI is InChI=1S/C24H25NO3/c1-26-22-10-6-9-21(24(22)27-2)23-20-12-11-19(15-18(20)13-14-25-23)28-16-17-7-4-3-5-8-17/h3-12,15,23,25H,13-14,16H2,1-2H3. The summed E-state index contributed by atoms with van der Waals surface area (Å²) in [6.45, 7) is 1.48. The van der Waals surface area contributed by atoms with Crippen LogP contribution in [-0.4, -0.2) is 20.8 Å². The zero-order valence-electron chi connectivity index (χ0n) is 16.3. The fourth-order valence-electron chi connectivity index (χ4n) is 3.79. The van der Waals surface area contributed by atoms with E-state index in [0.717, 1.165) is 35.8 Å². The van der Waals surface area contributed by atoms with Crippen molar-refractivity contribution in [2.45, 2.75) is 19.1 Å². The molecule has 0 radical (unpaired) electrons. The van der Waals surface area contributed by atoms with Gasteiger partial charge in [-0.1, -0.05) is 48.5 Å². The van der Waals surface area contributed by atoms with Crippen molar-refractivity contribution in [2.24, 2.45) is 0 Å². The Labute approximate surface area is 166 Å². The molecule has 1 aliphatic heterocycles. The quantitative estimate of drug-likeness (QED) is 0.688. The lowest BCUT2D eigenvalue weighted by atomic mass is 9.89. The van der Waals surface area contributed by atoms with E-state index in [-0.39, 0.29) is 6.04 Å². The number of fused-ring (bicyclic) bond motifs is 1. The molecule has 1 N–H and O–H groups in total. The fourth-order valence-corrected chi connectivity index (χ4v) is 3.79. The summed E-state index contributed by atoms with van der Waals surface area (Å²) in [6.07, 6.45) is 0.973. The van der Waals surface area contributed by atoms with E-state index < -0.39 is 0 Å². The van der Waals surface area contributed by atoms with Gasteiger partial charge in [-0.15, -0.1) is 0 Å². The number of methoxy groups -OCH3 is 2. The summed E-state index contributed by atoms with van der Waals surface area (Å²) in [6, 6.07) is 22.7. The second kappa shape index (κ2) is 8.36. The van der Waals surface area contributed by atoms with E-state index in [0.29, 0.717) is 6.61 Å². The third-order valence-corrected chi connectivity index (χ3v) is 5.16. The molecule has 0 saturated heterocycles. The Hall–Kier alpha value is -2.98. The summed E-state index contributed by atoms with van der Waals surface area (Å²) in [5.41, 5.74) is 4.81. The lowest BCUT2D eigenvalue weighted by Gasteiger charge is -2.29. The van der Waals surface area contributed by atoms with Gasteiger partial charge in [0.05, 0.1) is 20.3 Å². The van der Waals surface area contributed by atoms with Crippen molar-refractivity contribution >= 4 is 0 Å². The number of nitrogens with one attached hydrogen (secondary N) is 1. The molecule has 0 aliphatic carbocycles. The van der Waals surface area contributed by atoms with Gasteiger partial charge in [-0.3, -0.25) is 0 Å². The van der Waals surface area contributed by atoms with Gasteiger partial charge in [0.1, 0.15) is 12.4 Å². The highest BCUT2D eigenvalue weighted by Gasteiger charge is 2.25. The minimum atomic E-state index is 0.0666. The molecule has 28 heavy (non-hydrogen) atoms. The summed E-state index contributed by atoms with van der Waals surface area (Å²) in [7, 11) is 3.35. The molecule has 0 amide bonds. The Bertz CT molecular complexity index is 940. The van der Waals surface area contributed by atoms with Crippen LogP contribution in [0.4, 0.5) is 0 Å². The molecule has 1 aliphatic rings. The maximum absolute atomic E-state index is 6.02. The first kappa shape index (κ1) is 18.4. The van der Waals surface area contributed by atoms with Crippen LogP contribution in [0.15, 0.2) is 66.7 Å². The first-order chi connectivity index (χ1) is 13.8. The van der Waals surface area contributed by atoms with Crippen molar-refractivity contribution in [3.05, 3.63) is 89.0 Å². The molecule has 0 spiro atoms. The number of hydrogen-bond donors (Lipinski definition) is 1. The van der Waals surface area contributed by atoms with Crippen molar-refractivity contribution in [2.75, 3.05) is 20.8 Å². The molecule has 4 nitrogen and oxygen atoms in total. The SMILES string of the molecule is COc1cccc(C2NCCc3cc(OCc4ccccc4)ccc32)c1OC. The van der Waals surface area contributed by atoms with Crippen molar-refractivity contribution in [1.29, 1.82) is 0 Å². The van der Waals surface area contributed by atoms with Gasteiger partial charge in [0.15, 0.2) is 11.5 Å². The maximum Gasteiger partial charge on any atom is 0.165 e. The number of hydrogen-bond acceptors (Lipinski definition) is 4. The van der Waals surface area contributed by atoms with Crippen LogP contribution in [0.1, 0.15) is 28.3 Å². The molecule has 3 aromatic rings. The van der Waals surface area contributed by atoms with Gasteiger partial charge in [0, 0.05) is 12.1 Å². The topological polar surface area (TPSA) is 39.7 Å². The Balaban J connectivity index is 1.60. The average Bonchev–Trinajstić information content (AvgIpc) is 2.77. The first-order valence-electron chi connectivity index (χ1n) is 9.54. The average molecular weight is 375 g/mol. The van der Waals surface area contributed by atoms with Crippen LogP contribution in [-0.2, 0) is 13.0 Å². The molecule has 1 atom stereocenters. The van der Waals surface area contributed by atoms with E-state index in [1.807, 2.05) is 30.3 Å². The molecule has 0 aromatic heterocycles. The van der Waals surface area contributed by atoms with E-state index in [2.05, 4.69) is 41.7 Å². The highest BCUT2D eigenvalue weighted by atomic mass is 16.5. The second-order valence-electron chi connectivity index (χ2n) is 6.85. The normalized spacial score (nSPS) is 15.6. The van der Waals surface area contributed by atoms with Crippen LogP contribution in [0.5, 0.6) is 17.2 Å². The minimum absolute atomic E-state index is 0.0666. The molecular weight excluding hydrogens is 350 g/mol. The molecule has 0 saturated carbocycles. The maximum atomic E-state index is 6.02. The van der Waals surface area contributed by atoms with Crippen molar-refractivity contribution in [3.63, 3.8) is 0 Å². The Morgan fingerprint density at radius 2 is 1.75 bits per heavy atom. The molecule has 0 fully saturated rings. The predicted octanol–water partition coefficient (Wildman–Crippen LogP) is 4.52. The van der Waals surface area contributed by atoms with Gasteiger partial charge in [0.25, 0.3) is 0 Å². The van der Waals surface area contributed by atoms with Crippen LogP contribution in [0, 0.1) is 0 Å². The summed E-state index contributed by atoms with van der Waals surface area (Å²) in [4.78, 5) is 0. The molecule has 4 rings (SSSR count). The van der Waals surface area contributed by atoms with Crippen molar-refractivity contribution < 1.29 is 14.2 Å². The zero-order valence-corrected chi connectivity index (χ0v) is 16.3. The van der Waals surface area contributed by atoms with Gasteiger partial charge < -0.3 is 19.5 Å². The third-order valence-electron chi connectivity index (χ3n) is 5.16. The van der Waals surface area contributed by atoms with E-state index >= 15 is 0 Å². The summed E-state index contributed by atoms with van der Waals surface area (Å²) >= 11 is 0. The lowest BCUT2D eigenvalue weighted by Crippen LogP contribution is -2.30. The number of para-hydroxylation sites is 1. The molecule has 1 unspecified atom stereocenters. The van der Waals surface area contributed by atoms with Crippen LogP contribution in [0.25, 0.3) is 0 Å². The highest BCUT2D eigenvalue weighted by Crippen LogP contribution is 2.39. The number of rotatable bonds is 6. The van der Waals surface area contributed by atoms with Crippen LogP contribution in [0.2, 0.25) is 0 Å². The van der Waals surface area contributed by atoms with Crippen LogP contribution < -0.4 is 19.5 Å². The van der Waals surface area contributed by atoms with E-state index in [4.69, 9.17) is 14.2 Å². The Kier molecular flexibility index (Phi) is 5.49. The summed E-state index contributed by atoms with van der Waals surface area (Å²) < 4.78 is 17.1. The van der Waals surface area contributed by atoms with E-state index in [9.17, 15) is 0 Å². The van der Waals surface area contributed by atoms with E-state index in [1.54, 1.807) is 14.2 Å². The molecule has 4 heteroatoms. The molecule has 144 valence electrons. The second-order valence-corrected chi connectivity index (χ2v) is 6.85. The molecule has 1 heterocycles. The monoisotopic (exact) mass is 375 g/mol. The van der Waals surface area contributed by atoms with Crippen molar-refractivity contribution in [1.82, 2.24) is 5.32 Å². The number of benzene rings is 3. The lowest BCUT2D eigenvalue weighted by molar-refractivity contribution is 0.305. The van der Waals surface area contributed by atoms with E-state index in [1.165, 1.54) is 16.7 Å². The summed E-state index contributed by atoms with van der Waals surface area (Å²) in [5.74, 6) is 2.43. The largest absolute Gasteiger partial charge is 0.493 e.